The van der Waals surface area contributed by atoms with E-state index in [1.165, 1.54) is 0 Å². The lowest BCUT2D eigenvalue weighted by Gasteiger charge is -2.16. The molecule has 4 nitrogen and oxygen atoms in total. The van der Waals surface area contributed by atoms with Crippen molar-refractivity contribution in [2.45, 2.75) is 5.41 Å². The Morgan fingerprint density at radius 3 is 2.58 bits per heavy atom. The van der Waals surface area contributed by atoms with Crippen LogP contribution >= 0.6 is 0 Å². The average Bonchev–Trinajstić information content (AvgIpc) is 3.18. The van der Waals surface area contributed by atoms with Gasteiger partial charge in [0.25, 0.3) is 0 Å². The van der Waals surface area contributed by atoms with E-state index in [1.54, 1.807) is 7.11 Å². The number of hydrogen-bond acceptors (Lipinski definition) is 4. The van der Waals surface area contributed by atoms with Crippen LogP contribution < -0.4 is 0 Å². The van der Waals surface area contributed by atoms with Gasteiger partial charge in [-0.2, -0.15) is 0 Å². The van der Waals surface area contributed by atoms with Gasteiger partial charge in [0, 0.05) is 7.11 Å². The zero-order valence-electron chi connectivity index (χ0n) is 11.2. The fourth-order valence-corrected chi connectivity index (χ4v) is 2.09. The summed E-state index contributed by atoms with van der Waals surface area (Å²) in [5.74, 6) is 0. The van der Waals surface area contributed by atoms with Gasteiger partial charge >= 0.3 is 0 Å². The van der Waals surface area contributed by atoms with Crippen LogP contribution in [0.1, 0.15) is 5.56 Å². The molecule has 0 heterocycles. The molecule has 1 aliphatic carbocycles. The summed E-state index contributed by atoms with van der Waals surface area (Å²) in [5.41, 5.74) is 1.90. The van der Waals surface area contributed by atoms with E-state index in [0.717, 1.165) is 11.1 Å². The van der Waals surface area contributed by atoms with Gasteiger partial charge in [0.1, 0.15) is 6.79 Å². The first-order valence-corrected chi connectivity index (χ1v) is 6.36. The molecule has 0 saturated carbocycles. The zero-order chi connectivity index (χ0) is 13.6. The number of aliphatic hydroxyl groups excluding tert-OH is 1. The number of rotatable bonds is 9. The Morgan fingerprint density at radius 2 is 1.89 bits per heavy atom. The number of aliphatic hydroxyl groups is 1. The highest BCUT2D eigenvalue weighted by Crippen LogP contribution is 2.46. The Kier molecular flexibility index (Phi) is 5.10. The third-order valence-electron chi connectivity index (χ3n) is 3.30. The Hall–Kier alpha value is -1.20. The van der Waals surface area contributed by atoms with Gasteiger partial charge in [0.2, 0.25) is 0 Å². The smallest absolute Gasteiger partial charge is 0.147 e. The molecule has 104 valence electrons. The van der Waals surface area contributed by atoms with Crippen molar-refractivity contribution in [3.8, 4) is 0 Å². The summed E-state index contributed by atoms with van der Waals surface area (Å²) in [6.07, 6.45) is 2.05. The largest absolute Gasteiger partial charge is 0.395 e. The molecule has 1 aliphatic rings. The molecule has 0 aliphatic heterocycles. The average molecular weight is 264 g/mol. The quantitative estimate of drug-likeness (QED) is 0.417. The van der Waals surface area contributed by atoms with Crippen molar-refractivity contribution in [3.05, 3.63) is 47.5 Å². The SMILES string of the molecule is COCCOCOCC1=CC1(CO)c1ccccc1. The lowest BCUT2D eigenvalue weighted by Crippen LogP contribution is -2.19. The summed E-state index contributed by atoms with van der Waals surface area (Å²) in [7, 11) is 1.63. The van der Waals surface area contributed by atoms with Crippen LogP contribution in [0.25, 0.3) is 0 Å². The number of hydrogen-bond donors (Lipinski definition) is 1. The van der Waals surface area contributed by atoms with Gasteiger partial charge in [-0.05, 0) is 11.1 Å². The van der Waals surface area contributed by atoms with Crippen molar-refractivity contribution in [1.29, 1.82) is 0 Å². The van der Waals surface area contributed by atoms with Crippen molar-refractivity contribution in [1.82, 2.24) is 0 Å². The Labute approximate surface area is 113 Å². The van der Waals surface area contributed by atoms with Crippen molar-refractivity contribution in [3.63, 3.8) is 0 Å². The summed E-state index contributed by atoms with van der Waals surface area (Å²) in [6, 6.07) is 9.97. The zero-order valence-corrected chi connectivity index (χ0v) is 11.2. The summed E-state index contributed by atoms with van der Waals surface area (Å²) in [4.78, 5) is 0. The molecule has 19 heavy (non-hydrogen) atoms. The predicted octanol–water partition coefficient (Wildman–Crippen LogP) is 1.49. The molecule has 1 unspecified atom stereocenters. The highest BCUT2D eigenvalue weighted by Gasteiger charge is 2.44. The molecule has 0 spiro atoms. The molecule has 0 radical (unpaired) electrons. The summed E-state index contributed by atoms with van der Waals surface area (Å²) >= 11 is 0. The van der Waals surface area contributed by atoms with Crippen molar-refractivity contribution < 1.29 is 19.3 Å². The van der Waals surface area contributed by atoms with E-state index in [0.29, 0.717) is 19.8 Å². The Balaban J connectivity index is 1.73. The van der Waals surface area contributed by atoms with Crippen molar-refractivity contribution in [2.24, 2.45) is 0 Å². The first-order valence-electron chi connectivity index (χ1n) is 6.36. The monoisotopic (exact) mass is 264 g/mol. The maximum atomic E-state index is 9.60. The fourth-order valence-electron chi connectivity index (χ4n) is 2.09. The minimum Gasteiger partial charge on any atom is -0.395 e. The van der Waals surface area contributed by atoms with Gasteiger partial charge in [0.05, 0.1) is 31.8 Å². The number of ether oxygens (including phenoxy) is 3. The van der Waals surface area contributed by atoms with Gasteiger partial charge < -0.3 is 19.3 Å². The Morgan fingerprint density at radius 1 is 1.11 bits per heavy atom. The van der Waals surface area contributed by atoms with Crippen LogP contribution in [-0.4, -0.2) is 45.4 Å². The minimum atomic E-state index is -0.312. The second-order valence-corrected chi connectivity index (χ2v) is 4.53. The second kappa shape index (κ2) is 6.82. The number of benzene rings is 1. The molecule has 1 aromatic carbocycles. The van der Waals surface area contributed by atoms with E-state index < -0.39 is 0 Å². The van der Waals surface area contributed by atoms with Gasteiger partial charge in [0.15, 0.2) is 0 Å². The minimum absolute atomic E-state index is 0.0836. The van der Waals surface area contributed by atoms with E-state index in [9.17, 15) is 5.11 Å². The fraction of sp³-hybridized carbons (Fsp3) is 0.467. The van der Waals surface area contributed by atoms with Crippen LogP contribution in [0.2, 0.25) is 0 Å². The maximum Gasteiger partial charge on any atom is 0.147 e. The van der Waals surface area contributed by atoms with E-state index in [2.05, 4.69) is 6.08 Å². The van der Waals surface area contributed by atoms with Crippen LogP contribution in [0.5, 0.6) is 0 Å². The van der Waals surface area contributed by atoms with Crippen LogP contribution in [0, 0.1) is 0 Å². The van der Waals surface area contributed by atoms with E-state index >= 15 is 0 Å². The Bertz CT molecular complexity index is 415. The molecule has 0 saturated heterocycles. The van der Waals surface area contributed by atoms with Crippen LogP contribution in [-0.2, 0) is 19.6 Å². The standard InChI is InChI=1S/C15H20O4/c1-17-7-8-18-12-19-10-14-9-15(14,11-16)13-5-3-2-4-6-13/h2-6,9,16H,7-8,10-12H2,1H3. The highest BCUT2D eigenvalue weighted by molar-refractivity contribution is 5.55. The van der Waals surface area contributed by atoms with Crippen molar-refractivity contribution >= 4 is 0 Å². The summed E-state index contributed by atoms with van der Waals surface area (Å²) < 4.78 is 15.5. The lowest BCUT2D eigenvalue weighted by molar-refractivity contribution is -0.0591. The second-order valence-electron chi connectivity index (χ2n) is 4.53. The molecular weight excluding hydrogens is 244 g/mol. The maximum absolute atomic E-state index is 9.60. The third-order valence-corrected chi connectivity index (χ3v) is 3.30. The van der Waals surface area contributed by atoms with Crippen LogP contribution in [0.15, 0.2) is 42.0 Å². The summed E-state index contributed by atoms with van der Waals surface area (Å²) in [6.45, 7) is 1.91. The van der Waals surface area contributed by atoms with Gasteiger partial charge in [-0.25, -0.2) is 0 Å². The highest BCUT2D eigenvalue weighted by atomic mass is 16.7. The molecule has 1 aromatic rings. The van der Waals surface area contributed by atoms with E-state index in [4.69, 9.17) is 14.2 Å². The van der Waals surface area contributed by atoms with Crippen LogP contribution in [0.4, 0.5) is 0 Å². The molecular formula is C15H20O4. The molecule has 0 aromatic heterocycles. The van der Waals surface area contributed by atoms with E-state index in [-0.39, 0.29) is 18.8 Å². The summed E-state index contributed by atoms with van der Waals surface area (Å²) in [5, 5.41) is 9.60. The topological polar surface area (TPSA) is 47.9 Å². The lowest BCUT2D eigenvalue weighted by atomic mass is 9.91. The predicted molar refractivity (Wildman–Crippen MR) is 71.9 cm³/mol. The molecule has 0 bridgehead atoms. The van der Waals surface area contributed by atoms with Gasteiger partial charge in [-0.3, -0.25) is 0 Å². The molecule has 2 rings (SSSR count). The van der Waals surface area contributed by atoms with Crippen LogP contribution in [0.3, 0.4) is 0 Å². The number of methoxy groups -OCH3 is 1. The van der Waals surface area contributed by atoms with Crippen molar-refractivity contribution in [2.75, 3.05) is 40.3 Å². The first-order chi connectivity index (χ1) is 9.33. The molecule has 0 amide bonds. The first kappa shape index (κ1) is 14.2. The van der Waals surface area contributed by atoms with E-state index in [1.807, 2.05) is 30.3 Å². The molecule has 0 fully saturated rings. The van der Waals surface area contributed by atoms with Gasteiger partial charge in [-0.15, -0.1) is 0 Å². The van der Waals surface area contributed by atoms with Gasteiger partial charge in [-0.1, -0.05) is 36.4 Å². The molecule has 1 atom stereocenters. The molecule has 1 N–H and O–H groups in total. The molecule has 4 heteroatoms. The normalized spacial score (nSPS) is 21.3. The third kappa shape index (κ3) is 3.42.